The Morgan fingerprint density at radius 2 is 0.917 bits per heavy atom. The summed E-state index contributed by atoms with van der Waals surface area (Å²) >= 11 is 0. The molecule has 230 valence electrons. The van der Waals surface area contributed by atoms with Crippen LogP contribution in [0.4, 0.5) is 0 Å². The van der Waals surface area contributed by atoms with Crippen LogP contribution in [0.3, 0.4) is 0 Å². The van der Waals surface area contributed by atoms with Crippen molar-refractivity contribution in [3.05, 3.63) is 169 Å². The molecule has 0 N–H and O–H groups in total. The fourth-order valence-corrected chi connectivity index (χ4v) is 8.65. The second kappa shape index (κ2) is 11.2. The lowest BCUT2D eigenvalue weighted by atomic mass is 9.89. The van der Waals surface area contributed by atoms with Gasteiger partial charge in [-0.2, -0.15) is 0 Å². The molecule has 0 saturated carbocycles. The van der Waals surface area contributed by atoms with Crippen molar-refractivity contribution in [3.63, 3.8) is 0 Å². The van der Waals surface area contributed by atoms with Crippen LogP contribution in [0.5, 0.6) is 0 Å². The molecule has 0 atom stereocenters. The third-order valence-corrected chi connectivity index (χ3v) is 11.0. The first-order chi connectivity index (χ1) is 23.5. The maximum absolute atomic E-state index is 13.5. The molecule has 0 fully saturated rings. The molecule has 0 unspecified atom stereocenters. The van der Waals surface area contributed by atoms with Gasteiger partial charge in [0.05, 0.1) is 11.5 Å². The van der Waals surface area contributed by atoms with Gasteiger partial charge in [0.15, 0.2) is 9.84 Å². The van der Waals surface area contributed by atoms with E-state index in [9.17, 15) is 8.42 Å². The number of para-hydroxylation sites is 1. The molecule has 2 heterocycles. The van der Waals surface area contributed by atoms with E-state index >= 15 is 0 Å². The van der Waals surface area contributed by atoms with Crippen molar-refractivity contribution < 1.29 is 12.8 Å². The number of hydrogen-bond donors (Lipinski definition) is 0. The normalized spacial score (nSPS) is 13.6. The molecule has 48 heavy (non-hydrogen) atoms. The van der Waals surface area contributed by atoms with Crippen LogP contribution in [0.2, 0.25) is 0 Å². The van der Waals surface area contributed by atoms with E-state index in [2.05, 4.69) is 115 Å². The molecule has 0 saturated heterocycles. The summed E-state index contributed by atoms with van der Waals surface area (Å²) in [5.74, 6) is 0.00588. The van der Waals surface area contributed by atoms with Crippen molar-refractivity contribution in [1.29, 1.82) is 0 Å². The number of fused-ring (bicyclic) bond motifs is 6. The van der Waals surface area contributed by atoms with Crippen LogP contribution in [0.25, 0.3) is 77.6 Å². The molecule has 0 spiro atoms. The van der Waals surface area contributed by atoms with Gasteiger partial charge < -0.3 is 4.42 Å². The van der Waals surface area contributed by atoms with Crippen molar-refractivity contribution in [2.45, 2.75) is 11.5 Å². The van der Waals surface area contributed by atoms with E-state index in [1.54, 1.807) is 0 Å². The van der Waals surface area contributed by atoms with Crippen molar-refractivity contribution >= 4 is 31.8 Å². The number of hydrogen-bond acceptors (Lipinski definition) is 3. The summed E-state index contributed by atoms with van der Waals surface area (Å²) in [4.78, 5) is 0. The summed E-state index contributed by atoms with van der Waals surface area (Å²) in [6, 6.07) is 54.2. The Bertz CT molecular complexity index is 2560. The Balaban J connectivity index is 1.17. The monoisotopic (exact) mass is 638 g/mol. The van der Waals surface area contributed by atoms with Gasteiger partial charge in [-0.25, -0.2) is 8.42 Å². The van der Waals surface area contributed by atoms with Crippen LogP contribution in [0.1, 0.15) is 11.1 Å². The number of benzene rings is 7. The van der Waals surface area contributed by atoms with Crippen LogP contribution < -0.4 is 0 Å². The van der Waals surface area contributed by atoms with Gasteiger partial charge >= 0.3 is 0 Å². The zero-order valence-corrected chi connectivity index (χ0v) is 26.9. The van der Waals surface area contributed by atoms with Crippen LogP contribution in [-0.2, 0) is 21.3 Å². The first kappa shape index (κ1) is 28.5. The fourth-order valence-electron chi connectivity index (χ4n) is 7.11. The zero-order chi connectivity index (χ0) is 32.2. The molecule has 7 aromatic carbocycles. The molecule has 4 heteroatoms. The van der Waals surface area contributed by atoms with Gasteiger partial charge in [0.2, 0.25) is 0 Å². The highest BCUT2D eigenvalue weighted by Gasteiger charge is 2.25. The summed E-state index contributed by atoms with van der Waals surface area (Å²) in [6.07, 6.45) is 0. The zero-order valence-electron chi connectivity index (χ0n) is 26.1. The SMILES string of the molecule is O=S1(=O)Cc2cc(-c3cc(-c4ccccc4)cc(-c4ccccc4)c3)ccc2-c2cc(-c3ccc4c(c3)oc3ccccc34)ccc2C1. The first-order valence-corrected chi connectivity index (χ1v) is 17.9. The summed E-state index contributed by atoms with van der Waals surface area (Å²) in [6.45, 7) is 0. The highest BCUT2D eigenvalue weighted by molar-refractivity contribution is 7.89. The Hall–Kier alpha value is -5.71. The second-order valence-corrected chi connectivity index (χ2v) is 14.7. The fraction of sp³-hybridized carbons (Fsp3) is 0.0455. The number of furan rings is 1. The van der Waals surface area contributed by atoms with Gasteiger partial charge in [0.25, 0.3) is 0 Å². The van der Waals surface area contributed by atoms with Gasteiger partial charge in [0.1, 0.15) is 11.2 Å². The lowest BCUT2D eigenvalue weighted by Crippen LogP contribution is -2.05. The molecule has 9 rings (SSSR count). The molecule has 0 aliphatic carbocycles. The van der Waals surface area contributed by atoms with E-state index in [4.69, 9.17) is 4.42 Å². The highest BCUT2D eigenvalue weighted by atomic mass is 32.2. The molecular weight excluding hydrogens is 609 g/mol. The molecule has 8 aromatic rings. The quantitative estimate of drug-likeness (QED) is 0.193. The maximum atomic E-state index is 13.5. The van der Waals surface area contributed by atoms with Crippen LogP contribution in [-0.4, -0.2) is 8.42 Å². The predicted octanol–water partition coefficient (Wildman–Crippen LogP) is 11.3. The third-order valence-electron chi connectivity index (χ3n) is 9.45. The van der Waals surface area contributed by atoms with Gasteiger partial charge in [-0.1, -0.05) is 109 Å². The van der Waals surface area contributed by atoms with Crippen LogP contribution in [0.15, 0.2) is 162 Å². The predicted molar refractivity (Wildman–Crippen MR) is 197 cm³/mol. The van der Waals surface area contributed by atoms with Crippen LogP contribution >= 0.6 is 0 Å². The Kier molecular flexibility index (Phi) is 6.66. The molecular formula is C44H30O3S. The molecule has 0 radical (unpaired) electrons. The van der Waals surface area contributed by atoms with Gasteiger partial charge in [-0.15, -0.1) is 0 Å². The Morgan fingerprint density at radius 1 is 0.375 bits per heavy atom. The molecule has 1 aliphatic heterocycles. The molecule has 0 amide bonds. The van der Waals surface area contributed by atoms with E-state index in [0.29, 0.717) is 0 Å². The van der Waals surface area contributed by atoms with E-state index in [-0.39, 0.29) is 11.5 Å². The summed E-state index contributed by atoms with van der Waals surface area (Å²) in [5, 5.41) is 2.18. The summed E-state index contributed by atoms with van der Waals surface area (Å²) in [5.41, 5.74) is 13.9. The Morgan fingerprint density at radius 3 is 1.65 bits per heavy atom. The molecule has 3 nitrogen and oxygen atoms in total. The van der Waals surface area contributed by atoms with Crippen molar-refractivity contribution in [3.8, 4) is 55.6 Å². The Labute approximate surface area is 279 Å². The largest absolute Gasteiger partial charge is 0.456 e. The lowest BCUT2D eigenvalue weighted by Gasteiger charge is -2.15. The lowest BCUT2D eigenvalue weighted by molar-refractivity contribution is 0.595. The van der Waals surface area contributed by atoms with Crippen molar-refractivity contribution in [2.75, 3.05) is 0 Å². The van der Waals surface area contributed by atoms with Gasteiger partial charge in [0, 0.05) is 10.8 Å². The third kappa shape index (κ3) is 5.11. The van der Waals surface area contributed by atoms with E-state index in [1.807, 2.05) is 42.5 Å². The van der Waals surface area contributed by atoms with Gasteiger partial charge in [-0.05, 0) is 115 Å². The van der Waals surface area contributed by atoms with E-state index < -0.39 is 9.84 Å². The van der Waals surface area contributed by atoms with Crippen molar-refractivity contribution in [2.24, 2.45) is 0 Å². The molecule has 0 bridgehead atoms. The second-order valence-electron chi connectivity index (χ2n) is 12.6. The molecule has 1 aliphatic rings. The number of sulfone groups is 1. The smallest absolute Gasteiger partial charge is 0.158 e. The summed E-state index contributed by atoms with van der Waals surface area (Å²) < 4.78 is 33.2. The van der Waals surface area contributed by atoms with Gasteiger partial charge in [-0.3, -0.25) is 0 Å². The minimum atomic E-state index is -3.38. The standard InChI is InChI=1S/C44H30O3S/c45-48(46)27-34-16-15-32(33-18-20-41-40-13-7-8-14-43(40)47-44(41)26-33)25-42(34)39-19-17-31(21-38(39)28-48)37-23-35(29-9-3-1-4-10-29)22-36(24-37)30-11-5-2-6-12-30/h1-26H,27-28H2. The molecule has 1 aromatic heterocycles. The maximum Gasteiger partial charge on any atom is 0.158 e. The van der Waals surface area contributed by atoms with E-state index in [0.717, 1.165) is 88.7 Å². The first-order valence-electron chi connectivity index (χ1n) is 16.1. The van der Waals surface area contributed by atoms with Crippen molar-refractivity contribution in [1.82, 2.24) is 0 Å². The average Bonchev–Trinajstić information content (AvgIpc) is 3.44. The minimum Gasteiger partial charge on any atom is -0.456 e. The highest BCUT2D eigenvalue weighted by Crippen LogP contribution is 2.41. The topological polar surface area (TPSA) is 47.3 Å². The summed E-state index contributed by atoms with van der Waals surface area (Å²) in [7, 11) is -3.38. The number of rotatable bonds is 4. The average molecular weight is 639 g/mol. The van der Waals surface area contributed by atoms with E-state index in [1.165, 1.54) is 0 Å². The minimum absolute atomic E-state index is 0.00491. The van der Waals surface area contributed by atoms with Crippen LogP contribution in [0, 0.1) is 0 Å².